The molecule has 0 aliphatic rings. The molecule has 6 nitrogen and oxygen atoms in total. The fraction of sp³-hybridized carbons (Fsp3) is 0.300. The highest BCUT2D eigenvalue weighted by molar-refractivity contribution is 9.10. The van der Waals surface area contributed by atoms with E-state index in [9.17, 15) is 0 Å². The lowest BCUT2D eigenvalue weighted by atomic mass is 10.3. The van der Waals surface area contributed by atoms with Gasteiger partial charge in [-0.05, 0) is 22.4 Å². The number of fused-ring (bicyclic) bond motifs is 1. The van der Waals surface area contributed by atoms with Crippen LogP contribution in [-0.4, -0.2) is 19.5 Å². The molecule has 0 aromatic carbocycles. The molecule has 2 aromatic heterocycles. The standard InChI is InChI=1S/C10H11BrN6/c1-2-3-4-5-17-8-6(14-9(17)11)7(12)15-10(13)16-8/h1H,3-5H2,(H4,12,13,15,16). The van der Waals surface area contributed by atoms with Crippen molar-refractivity contribution < 1.29 is 0 Å². The molecule has 0 saturated carbocycles. The predicted molar refractivity (Wildman–Crippen MR) is 69.9 cm³/mol. The molecule has 0 bridgehead atoms. The van der Waals surface area contributed by atoms with Gasteiger partial charge < -0.3 is 16.0 Å². The summed E-state index contributed by atoms with van der Waals surface area (Å²) in [4.78, 5) is 12.3. The summed E-state index contributed by atoms with van der Waals surface area (Å²) in [5.74, 6) is 3.01. The van der Waals surface area contributed by atoms with E-state index in [1.165, 1.54) is 0 Å². The fourth-order valence-corrected chi connectivity index (χ4v) is 2.07. The summed E-state index contributed by atoms with van der Waals surface area (Å²) in [5, 5.41) is 0. The number of nitrogens with two attached hydrogens (primary N) is 2. The van der Waals surface area contributed by atoms with Crippen molar-refractivity contribution in [3.05, 3.63) is 4.73 Å². The molecule has 0 unspecified atom stereocenters. The van der Waals surface area contributed by atoms with E-state index in [1.807, 2.05) is 4.57 Å². The third-order valence-corrected chi connectivity index (χ3v) is 2.90. The monoisotopic (exact) mass is 294 g/mol. The van der Waals surface area contributed by atoms with Crippen LogP contribution in [-0.2, 0) is 6.54 Å². The lowest BCUT2D eigenvalue weighted by molar-refractivity contribution is 0.654. The van der Waals surface area contributed by atoms with E-state index >= 15 is 0 Å². The van der Waals surface area contributed by atoms with Gasteiger partial charge in [0.05, 0.1) is 0 Å². The van der Waals surface area contributed by atoms with Crippen LogP contribution >= 0.6 is 15.9 Å². The molecule has 0 spiro atoms. The number of terminal acetylenes is 1. The fourth-order valence-electron chi connectivity index (χ4n) is 1.55. The van der Waals surface area contributed by atoms with Crippen LogP contribution in [0.15, 0.2) is 4.73 Å². The van der Waals surface area contributed by atoms with E-state index < -0.39 is 0 Å². The molecule has 2 aromatic rings. The Kier molecular flexibility index (Phi) is 3.15. The SMILES string of the molecule is C#CCCCn1c(Br)nc2c(N)nc(N)nc21. The lowest BCUT2D eigenvalue weighted by Crippen LogP contribution is -2.04. The Morgan fingerprint density at radius 3 is 2.76 bits per heavy atom. The van der Waals surface area contributed by atoms with Gasteiger partial charge in [0.2, 0.25) is 5.95 Å². The van der Waals surface area contributed by atoms with Crippen LogP contribution in [0.25, 0.3) is 11.2 Å². The number of nitrogen functional groups attached to an aromatic ring is 2. The summed E-state index contributed by atoms with van der Waals surface area (Å²) in [5.41, 5.74) is 12.5. The van der Waals surface area contributed by atoms with Crippen molar-refractivity contribution in [3.63, 3.8) is 0 Å². The Morgan fingerprint density at radius 1 is 1.29 bits per heavy atom. The van der Waals surface area contributed by atoms with Gasteiger partial charge in [-0.15, -0.1) is 12.3 Å². The molecule has 0 aliphatic heterocycles. The summed E-state index contributed by atoms with van der Waals surface area (Å²) >= 11 is 3.36. The second-order valence-corrected chi connectivity index (χ2v) is 4.19. The second kappa shape index (κ2) is 4.59. The Hall–Kier alpha value is -1.81. The zero-order valence-electron chi connectivity index (χ0n) is 9.02. The summed E-state index contributed by atoms with van der Waals surface area (Å²) in [6.45, 7) is 0.706. The smallest absolute Gasteiger partial charge is 0.224 e. The molecule has 0 aliphatic carbocycles. The van der Waals surface area contributed by atoms with Crippen LogP contribution in [0.3, 0.4) is 0 Å². The lowest BCUT2D eigenvalue weighted by Gasteiger charge is -2.03. The van der Waals surface area contributed by atoms with E-state index in [4.69, 9.17) is 17.9 Å². The van der Waals surface area contributed by atoms with Crippen molar-refractivity contribution in [3.8, 4) is 12.3 Å². The number of nitrogens with zero attached hydrogens (tertiary/aromatic N) is 4. The number of imidazole rings is 1. The molecule has 4 N–H and O–H groups in total. The molecule has 0 atom stereocenters. The van der Waals surface area contributed by atoms with Crippen LogP contribution in [0.2, 0.25) is 0 Å². The zero-order valence-corrected chi connectivity index (χ0v) is 10.6. The number of rotatable bonds is 3. The number of aryl methyl sites for hydroxylation is 1. The Morgan fingerprint density at radius 2 is 2.06 bits per heavy atom. The van der Waals surface area contributed by atoms with E-state index in [0.29, 0.717) is 28.9 Å². The molecule has 0 fully saturated rings. The summed E-state index contributed by atoms with van der Waals surface area (Å²) in [6.07, 6.45) is 6.75. The second-order valence-electron chi connectivity index (χ2n) is 3.48. The van der Waals surface area contributed by atoms with E-state index in [-0.39, 0.29) is 11.8 Å². The first-order valence-electron chi connectivity index (χ1n) is 5.01. The summed E-state index contributed by atoms with van der Waals surface area (Å²) in [7, 11) is 0. The van der Waals surface area contributed by atoms with Crippen LogP contribution in [0.4, 0.5) is 11.8 Å². The number of unbranched alkanes of at least 4 members (excludes halogenated alkanes) is 1. The molecule has 2 heterocycles. The van der Waals surface area contributed by atoms with Gasteiger partial charge in [0.15, 0.2) is 21.7 Å². The van der Waals surface area contributed by atoms with E-state index in [0.717, 1.165) is 6.42 Å². The van der Waals surface area contributed by atoms with Gasteiger partial charge in [-0.2, -0.15) is 9.97 Å². The minimum absolute atomic E-state index is 0.139. The highest BCUT2D eigenvalue weighted by atomic mass is 79.9. The van der Waals surface area contributed by atoms with Gasteiger partial charge in [-0.3, -0.25) is 0 Å². The minimum Gasteiger partial charge on any atom is -0.382 e. The average molecular weight is 295 g/mol. The van der Waals surface area contributed by atoms with Gasteiger partial charge in [-0.25, -0.2) is 4.98 Å². The number of halogens is 1. The maximum atomic E-state index is 5.73. The highest BCUT2D eigenvalue weighted by Gasteiger charge is 2.13. The first-order chi connectivity index (χ1) is 8.13. The van der Waals surface area contributed by atoms with Crippen molar-refractivity contribution in [2.24, 2.45) is 0 Å². The average Bonchev–Trinajstić information content (AvgIpc) is 2.57. The molecule has 0 amide bonds. The Labute approximate surface area is 107 Å². The zero-order chi connectivity index (χ0) is 12.4. The third-order valence-electron chi connectivity index (χ3n) is 2.30. The van der Waals surface area contributed by atoms with Crippen LogP contribution < -0.4 is 11.5 Å². The number of anilines is 2. The molecule has 17 heavy (non-hydrogen) atoms. The Bertz CT molecular complexity index is 597. The first kappa shape index (κ1) is 11.7. The van der Waals surface area contributed by atoms with Crippen LogP contribution in [0.1, 0.15) is 12.8 Å². The number of aromatic nitrogens is 4. The third kappa shape index (κ3) is 2.17. The maximum Gasteiger partial charge on any atom is 0.224 e. The molecule has 0 radical (unpaired) electrons. The van der Waals surface area contributed by atoms with Gasteiger partial charge in [0.1, 0.15) is 0 Å². The topological polar surface area (TPSA) is 95.6 Å². The predicted octanol–water partition coefficient (Wildman–Crippen LogP) is 1.17. The van der Waals surface area contributed by atoms with Crippen molar-refractivity contribution in [2.75, 3.05) is 11.5 Å². The summed E-state index contributed by atoms with van der Waals surface area (Å²) < 4.78 is 2.53. The van der Waals surface area contributed by atoms with Gasteiger partial charge >= 0.3 is 0 Å². The van der Waals surface area contributed by atoms with Gasteiger partial charge in [-0.1, -0.05) is 0 Å². The summed E-state index contributed by atoms with van der Waals surface area (Å²) in [6, 6.07) is 0. The molecule has 88 valence electrons. The Balaban J connectivity index is 2.48. The molecule has 2 rings (SSSR count). The molecule has 7 heteroatoms. The van der Waals surface area contributed by atoms with Gasteiger partial charge in [0.25, 0.3) is 0 Å². The molecular weight excluding hydrogens is 284 g/mol. The van der Waals surface area contributed by atoms with Crippen molar-refractivity contribution in [2.45, 2.75) is 19.4 Å². The first-order valence-corrected chi connectivity index (χ1v) is 5.81. The van der Waals surface area contributed by atoms with Crippen molar-refractivity contribution in [1.82, 2.24) is 19.5 Å². The van der Waals surface area contributed by atoms with Crippen molar-refractivity contribution >= 4 is 38.9 Å². The van der Waals surface area contributed by atoms with Crippen LogP contribution in [0, 0.1) is 12.3 Å². The largest absolute Gasteiger partial charge is 0.382 e. The molecular formula is C10H11BrN6. The maximum absolute atomic E-state index is 5.73. The van der Waals surface area contributed by atoms with Gasteiger partial charge in [0, 0.05) is 13.0 Å². The minimum atomic E-state index is 0.139. The van der Waals surface area contributed by atoms with Crippen LogP contribution in [0.5, 0.6) is 0 Å². The van der Waals surface area contributed by atoms with E-state index in [2.05, 4.69) is 36.8 Å². The number of hydrogen-bond acceptors (Lipinski definition) is 5. The van der Waals surface area contributed by atoms with Crippen molar-refractivity contribution in [1.29, 1.82) is 0 Å². The molecule has 0 saturated heterocycles. The number of hydrogen-bond donors (Lipinski definition) is 2. The highest BCUT2D eigenvalue weighted by Crippen LogP contribution is 2.23. The quantitative estimate of drug-likeness (QED) is 0.503. The normalized spacial score (nSPS) is 10.6. The van der Waals surface area contributed by atoms with E-state index in [1.54, 1.807) is 0 Å².